The summed E-state index contributed by atoms with van der Waals surface area (Å²) >= 11 is 0. The van der Waals surface area contributed by atoms with Crippen molar-refractivity contribution in [1.29, 1.82) is 0 Å². The van der Waals surface area contributed by atoms with Gasteiger partial charge in [-0.05, 0) is 67.0 Å². The fourth-order valence-electron chi connectivity index (χ4n) is 2.67. The summed E-state index contributed by atoms with van der Waals surface area (Å²) in [7, 11) is 0. The third-order valence-corrected chi connectivity index (χ3v) is 4.08. The van der Waals surface area contributed by atoms with E-state index >= 15 is 0 Å². The van der Waals surface area contributed by atoms with Gasteiger partial charge in [0.05, 0.1) is 0 Å². The minimum atomic E-state index is 0.367. The van der Waals surface area contributed by atoms with Crippen molar-refractivity contribution in [2.24, 2.45) is 0 Å². The van der Waals surface area contributed by atoms with E-state index in [-0.39, 0.29) is 0 Å². The molecule has 0 aliphatic heterocycles. The van der Waals surface area contributed by atoms with Gasteiger partial charge in [0.15, 0.2) is 0 Å². The predicted molar refractivity (Wildman–Crippen MR) is 83.3 cm³/mol. The fourth-order valence-corrected chi connectivity index (χ4v) is 2.67. The van der Waals surface area contributed by atoms with Crippen molar-refractivity contribution < 1.29 is 5.11 Å². The number of aromatic hydroxyl groups is 1. The molecule has 2 N–H and O–H groups in total. The molecule has 1 saturated carbocycles. The summed E-state index contributed by atoms with van der Waals surface area (Å²) in [6, 6.07) is 12.5. The Kier molecular flexibility index (Phi) is 3.39. The van der Waals surface area contributed by atoms with Crippen LogP contribution in [0.15, 0.2) is 36.4 Å². The number of nitrogens with one attached hydrogen (secondary N) is 1. The van der Waals surface area contributed by atoms with Crippen LogP contribution in [0.4, 0.5) is 5.69 Å². The Hall–Kier alpha value is -1.96. The molecule has 0 unspecified atom stereocenters. The van der Waals surface area contributed by atoms with E-state index in [2.05, 4.69) is 29.6 Å². The molecule has 0 aromatic heterocycles. The van der Waals surface area contributed by atoms with Crippen molar-refractivity contribution in [3.05, 3.63) is 58.7 Å². The average molecular weight is 267 g/mol. The van der Waals surface area contributed by atoms with E-state index in [1.165, 1.54) is 24.0 Å². The second kappa shape index (κ2) is 5.20. The van der Waals surface area contributed by atoms with Crippen LogP contribution in [0.5, 0.6) is 5.75 Å². The maximum Gasteiger partial charge on any atom is 0.118 e. The number of hydrogen-bond acceptors (Lipinski definition) is 2. The molecule has 20 heavy (non-hydrogen) atoms. The van der Waals surface area contributed by atoms with Crippen molar-refractivity contribution in [3.8, 4) is 5.75 Å². The molecule has 2 aromatic carbocycles. The molecule has 1 aliphatic carbocycles. The SMILES string of the molecule is Cc1cc(NCc2ccccc2C2CC2)c(C)cc1O. The molecule has 2 nitrogen and oxygen atoms in total. The molecular weight excluding hydrogens is 246 g/mol. The van der Waals surface area contributed by atoms with E-state index in [1.54, 1.807) is 0 Å². The van der Waals surface area contributed by atoms with Crippen molar-refractivity contribution >= 4 is 5.69 Å². The second-order valence-corrected chi connectivity index (χ2v) is 5.78. The van der Waals surface area contributed by atoms with E-state index in [1.807, 2.05) is 26.0 Å². The van der Waals surface area contributed by atoms with Gasteiger partial charge in [-0.1, -0.05) is 24.3 Å². The number of phenols is 1. The van der Waals surface area contributed by atoms with Crippen LogP contribution in [0.3, 0.4) is 0 Å². The van der Waals surface area contributed by atoms with E-state index < -0.39 is 0 Å². The van der Waals surface area contributed by atoms with Crippen LogP contribution in [-0.2, 0) is 6.54 Å². The van der Waals surface area contributed by atoms with Gasteiger partial charge in [-0.3, -0.25) is 0 Å². The average Bonchev–Trinajstić information content (AvgIpc) is 3.26. The first kappa shape index (κ1) is 13.0. The summed E-state index contributed by atoms with van der Waals surface area (Å²) in [4.78, 5) is 0. The third-order valence-electron chi connectivity index (χ3n) is 4.08. The Bertz CT molecular complexity index is 629. The lowest BCUT2D eigenvalue weighted by Gasteiger charge is -2.14. The van der Waals surface area contributed by atoms with Crippen molar-refractivity contribution in [2.45, 2.75) is 39.2 Å². The van der Waals surface area contributed by atoms with Crippen LogP contribution in [0.25, 0.3) is 0 Å². The van der Waals surface area contributed by atoms with Gasteiger partial charge in [0, 0.05) is 12.2 Å². The Morgan fingerprint density at radius 1 is 1.10 bits per heavy atom. The van der Waals surface area contributed by atoms with Crippen LogP contribution in [0, 0.1) is 13.8 Å². The Balaban J connectivity index is 1.78. The number of phenolic OH excluding ortho intramolecular Hbond substituents is 1. The van der Waals surface area contributed by atoms with Crippen molar-refractivity contribution in [1.82, 2.24) is 0 Å². The van der Waals surface area contributed by atoms with E-state index in [0.29, 0.717) is 5.75 Å². The number of benzene rings is 2. The highest BCUT2D eigenvalue weighted by molar-refractivity contribution is 5.57. The predicted octanol–water partition coefficient (Wildman–Crippen LogP) is 4.50. The smallest absolute Gasteiger partial charge is 0.118 e. The lowest BCUT2D eigenvalue weighted by atomic mass is 10.0. The minimum Gasteiger partial charge on any atom is -0.508 e. The molecule has 1 aliphatic rings. The van der Waals surface area contributed by atoms with Crippen LogP contribution < -0.4 is 5.32 Å². The second-order valence-electron chi connectivity index (χ2n) is 5.78. The maximum absolute atomic E-state index is 9.71. The number of anilines is 1. The van der Waals surface area contributed by atoms with Crippen LogP contribution in [0.1, 0.15) is 41.0 Å². The molecule has 0 radical (unpaired) electrons. The van der Waals surface area contributed by atoms with Crippen molar-refractivity contribution in [2.75, 3.05) is 5.32 Å². The number of rotatable bonds is 4. The molecule has 1 fully saturated rings. The lowest BCUT2D eigenvalue weighted by Crippen LogP contribution is -2.04. The first-order valence-corrected chi connectivity index (χ1v) is 7.27. The summed E-state index contributed by atoms with van der Waals surface area (Å²) in [5, 5.41) is 13.2. The summed E-state index contributed by atoms with van der Waals surface area (Å²) in [6.07, 6.45) is 2.66. The summed E-state index contributed by atoms with van der Waals surface area (Å²) in [6.45, 7) is 4.80. The fraction of sp³-hybridized carbons (Fsp3) is 0.333. The van der Waals surface area contributed by atoms with Crippen LogP contribution in [0.2, 0.25) is 0 Å². The van der Waals surface area contributed by atoms with Crippen molar-refractivity contribution in [3.63, 3.8) is 0 Å². The van der Waals surface area contributed by atoms with Gasteiger partial charge in [0.25, 0.3) is 0 Å². The first-order valence-electron chi connectivity index (χ1n) is 7.27. The zero-order chi connectivity index (χ0) is 14.1. The van der Waals surface area contributed by atoms with Gasteiger partial charge in [-0.25, -0.2) is 0 Å². The highest BCUT2D eigenvalue weighted by atomic mass is 16.3. The molecule has 2 aromatic rings. The van der Waals surface area contributed by atoms with Gasteiger partial charge < -0.3 is 10.4 Å². The molecule has 3 rings (SSSR count). The summed E-state index contributed by atoms with van der Waals surface area (Å²) in [5.74, 6) is 1.14. The van der Waals surface area contributed by atoms with Crippen LogP contribution in [-0.4, -0.2) is 5.11 Å². The molecule has 0 heterocycles. The Morgan fingerprint density at radius 3 is 2.60 bits per heavy atom. The van der Waals surface area contributed by atoms with Gasteiger partial charge in [0.1, 0.15) is 5.75 Å². The zero-order valence-corrected chi connectivity index (χ0v) is 12.1. The van der Waals surface area contributed by atoms with E-state index in [0.717, 1.165) is 29.3 Å². The largest absolute Gasteiger partial charge is 0.508 e. The first-order chi connectivity index (χ1) is 9.65. The van der Waals surface area contributed by atoms with Gasteiger partial charge in [-0.15, -0.1) is 0 Å². The highest BCUT2D eigenvalue weighted by Crippen LogP contribution is 2.41. The van der Waals surface area contributed by atoms with Crippen LogP contribution >= 0.6 is 0 Å². The molecule has 0 atom stereocenters. The highest BCUT2D eigenvalue weighted by Gasteiger charge is 2.25. The topological polar surface area (TPSA) is 32.3 Å². The normalized spacial score (nSPS) is 14.3. The summed E-state index contributed by atoms with van der Waals surface area (Å²) < 4.78 is 0. The molecule has 0 amide bonds. The van der Waals surface area contributed by atoms with Gasteiger partial charge in [-0.2, -0.15) is 0 Å². The molecular formula is C18H21NO. The Morgan fingerprint density at radius 2 is 1.85 bits per heavy atom. The quantitative estimate of drug-likeness (QED) is 0.799. The molecule has 0 saturated heterocycles. The minimum absolute atomic E-state index is 0.367. The van der Waals surface area contributed by atoms with E-state index in [4.69, 9.17) is 0 Å². The monoisotopic (exact) mass is 267 g/mol. The zero-order valence-electron chi connectivity index (χ0n) is 12.1. The number of hydrogen-bond donors (Lipinski definition) is 2. The third kappa shape index (κ3) is 2.64. The maximum atomic E-state index is 9.71. The molecule has 104 valence electrons. The Labute approximate surface area is 120 Å². The molecule has 2 heteroatoms. The lowest BCUT2D eigenvalue weighted by molar-refractivity contribution is 0.471. The standard InChI is InChI=1S/C18H21NO/c1-12-10-18(20)13(2)9-17(12)19-11-15-5-3-4-6-16(15)14-7-8-14/h3-6,9-10,14,19-20H,7-8,11H2,1-2H3. The van der Waals surface area contributed by atoms with Gasteiger partial charge in [0.2, 0.25) is 0 Å². The van der Waals surface area contributed by atoms with Gasteiger partial charge >= 0.3 is 0 Å². The molecule has 0 spiro atoms. The summed E-state index contributed by atoms with van der Waals surface area (Å²) in [5.41, 5.74) is 5.98. The molecule has 0 bridgehead atoms. The number of aryl methyl sites for hydroxylation is 2. The van der Waals surface area contributed by atoms with E-state index in [9.17, 15) is 5.11 Å².